The van der Waals surface area contributed by atoms with Crippen molar-refractivity contribution in [3.05, 3.63) is 52.5 Å². The first kappa shape index (κ1) is 31.5. The van der Waals surface area contributed by atoms with E-state index in [1.165, 1.54) is 5.56 Å². The van der Waals surface area contributed by atoms with Crippen molar-refractivity contribution in [2.75, 3.05) is 32.6 Å². The van der Waals surface area contributed by atoms with E-state index in [1.807, 2.05) is 30.3 Å². The molecule has 2 amide bonds. The van der Waals surface area contributed by atoms with Crippen molar-refractivity contribution in [1.82, 2.24) is 10.2 Å². The summed E-state index contributed by atoms with van der Waals surface area (Å²) in [5.74, 6) is -1.21. The standard InChI is InChI=1S/C26H34BrN3O3.C2HF3O2/c1-4-13-30-14-12-26(18-8-9-22(32-2)23(15-18)33-3)11-10-21(17-24(26)30)29-25(31)28-20-7-5-6-19(27)16-20;3-2(4,5)1(6)7/h5-9,15-16,21,24H,4,10-14,17H2,1-3H3,(H2,28,29,31);(H,6,7)/t21-,24+,26+;/m1./s1. The molecule has 0 bridgehead atoms. The van der Waals surface area contributed by atoms with Gasteiger partial charge in [0.15, 0.2) is 11.5 Å². The molecule has 1 saturated heterocycles. The van der Waals surface area contributed by atoms with Gasteiger partial charge in [0.05, 0.1) is 14.2 Å². The average molecular weight is 631 g/mol. The largest absolute Gasteiger partial charge is 0.493 e. The predicted molar refractivity (Wildman–Crippen MR) is 149 cm³/mol. The Morgan fingerprint density at radius 1 is 1.12 bits per heavy atom. The second-order valence-electron chi connectivity index (χ2n) is 9.91. The van der Waals surface area contributed by atoms with Crippen LogP contribution in [0.3, 0.4) is 0 Å². The Hall–Kier alpha value is -2.99. The highest BCUT2D eigenvalue weighted by atomic mass is 79.9. The van der Waals surface area contributed by atoms with Gasteiger partial charge in [0.1, 0.15) is 0 Å². The molecule has 3 N–H and O–H groups in total. The monoisotopic (exact) mass is 629 g/mol. The molecule has 0 unspecified atom stereocenters. The predicted octanol–water partition coefficient (Wildman–Crippen LogP) is 6.20. The minimum Gasteiger partial charge on any atom is -0.493 e. The normalized spacial score (nSPS) is 22.4. The van der Waals surface area contributed by atoms with Crippen LogP contribution < -0.4 is 20.1 Å². The number of methoxy groups -OCH3 is 2. The molecule has 0 radical (unpaired) electrons. The first-order chi connectivity index (χ1) is 18.9. The van der Waals surface area contributed by atoms with Crippen LogP contribution in [0.1, 0.15) is 44.6 Å². The van der Waals surface area contributed by atoms with Crippen LogP contribution in [-0.2, 0) is 10.2 Å². The lowest BCUT2D eigenvalue weighted by molar-refractivity contribution is -0.192. The Kier molecular flexibility index (Phi) is 10.7. The highest BCUT2D eigenvalue weighted by molar-refractivity contribution is 9.10. The fourth-order valence-electron chi connectivity index (χ4n) is 5.73. The third-order valence-electron chi connectivity index (χ3n) is 7.50. The van der Waals surface area contributed by atoms with Crippen LogP contribution in [0, 0.1) is 0 Å². The number of alkyl halides is 3. The number of fused-ring (bicyclic) bond motifs is 1. The van der Waals surface area contributed by atoms with Crippen molar-refractivity contribution in [2.45, 2.75) is 62.7 Å². The summed E-state index contributed by atoms with van der Waals surface area (Å²) in [6, 6.07) is 14.4. The number of halogens is 4. The fraction of sp³-hybridized carbons (Fsp3) is 0.500. The number of carbonyl (C=O) groups excluding carboxylic acids is 1. The van der Waals surface area contributed by atoms with E-state index in [9.17, 15) is 18.0 Å². The van der Waals surface area contributed by atoms with E-state index in [0.29, 0.717) is 6.04 Å². The first-order valence-electron chi connectivity index (χ1n) is 13.0. The van der Waals surface area contributed by atoms with E-state index in [-0.39, 0.29) is 17.5 Å². The van der Waals surface area contributed by atoms with Crippen molar-refractivity contribution in [2.24, 2.45) is 0 Å². The number of aliphatic carboxylic acids is 1. The molecule has 1 aliphatic heterocycles. The van der Waals surface area contributed by atoms with Gasteiger partial charge in [-0.3, -0.25) is 4.90 Å². The lowest BCUT2D eigenvalue weighted by Gasteiger charge is -2.45. The zero-order valence-electron chi connectivity index (χ0n) is 22.7. The van der Waals surface area contributed by atoms with Crippen LogP contribution in [0.15, 0.2) is 46.9 Å². The number of anilines is 1. The molecule has 8 nitrogen and oxygen atoms in total. The van der Waals surface area contributed by atoms with Crippen molar-refractivity contribution in [3.8, 4) is 11.5 Å². The second-order valence-corrected chi connectivity index (χ2v) is 10.8. The molecule has 1 heterocycles. The van der Waals surface area contributed by atoms with Gasteiger partial charge in [0.2, 0.25) is 0 Å². The SMILES string of the molecule is CCCN1CC[C@]2(c3ccc(OC)c(OC)c3)CC[C@@H](NC(=O)Nc3cccc(Br)c3)C[C@H]12.O=C(O)C(F)(F)F. The molecule has 4 rings (SSSR count). The molecule has 2 aromatic carbocycles. The number of carbonyl (C=O) groups is 2. The Bertz CT molecular complexity index is 1180. The minimum atomic E-state index is -5.08. The van der Waals surface area contributed by atoms with Gasteiger partial charge in [-0.15, -0.1) is 0 Å². The summed E-state index contributed by atoms with van der Waals surface area (Å²) in [4.78, 5) is 24.2. The molecule has 1 saturated carbocycles. The number of likely N-dealkylation sites (tertiary alicyclic amines) is 1. The van der Waals surface area contributed by atoms with Gasteiger partial charge in [-0.1, -0.05) is 35.0 Å². The van der Waals surface area contributed by atoms with Gasteiger partial charge < -0.3 is 25.2 Å². The zero-order valence-corrected chi connectivity index (χ0v) is 24.3. The third kappa shape index (κ3) is 7.60. The van der Waals surface area contributed by atoms with Crippen LogP contribution in [-0.4, -0.2) is 67.6 Å². The summed E-state index contributed by atoms with van der Waals surface area (Å²) in [7, 11) is 3.37. The molecule has 40 heavy (non-hydrogen) atoms. The van der Waals surface area contributed by atoms with Gasteiger partial charge in [-0.2, -0.15) is 13.2 Å². The van der Waals surface area contributed by atoms with Gasteiger partial charge in [0, 0.05) is 27.7 Å². The van der Waals surface area contributed by atoms with E-state index in [0.717, 1.165) is 66.9 Å². The van der Waals surface area contributed by atoms with Crippen LogP contribution in [0.5, 0.6) is 11.5 Å². The molecule has 0 aromatic heterocycles. The van der Waals surface area contributed by atoms with Gasteiger partial charge in [-0.25, -0.2) is 9.59 Å². The van der Waals surface area contributed by atoms with Crippen LogP contribution in [0.2, 0.25) is 0 Å². The van der Waals surface area contributed by atoms with Crippen molar-refractivity contribution < 1.29 is 37.3 Å². The molecule has 12 heteroatoms. The molecule has 2 aromatic rings. The number of hydrogen-bond acceptors (Lipinski definition) is 5. The maximum Gasteiger partial charge on any atom is 0.490 e. The molecule has 0 spiro atoms. The second kappa shape index (κ2) is 13.6. The Balaban J connectivity index is 0.000000559. The summed E-state index contributed by atoms with van der Waals surface area (Å²) in [5, 5.41) is 13.3. The quantitative estimate of drug-likeness (QED) is 0.337. The Labute approximate surface area is 240 Å². The third-order valence-corrected chi connectivity index (χ3v) is 7.99. The molecule has 3 atom stereocenters. The number of amides is 2. The topological polar surface area (TPSA) is 100 Å². The van der Waals surface area contributed by atoms with Gasteiger partial charge >= 0.3 is 18.2 Å². The van der Waals surface area contributed by atoms with Crippen molar-refractivity contribution in [1.29, 1.82) is 0 Å². The van der Waals surface area contributed by atoms with Gasteiger partial charge in [-0.05, 0) is 81.1 Å². The Morgan fingerprint density at radius 3 is 2.42 bits per heavy atom. The fourth-order valence-corrected chi connectivity index (χ4v) is 6.13. The molecular formula is C28H35BrF3N3O5. The lowest BCUT2D eigenvalue weighted by Crippen LogP contribution is -2.53. The number of carboxylic acids is 1. The highest BCUT2D eigenvalue weighted by Crippen LogP contribution is 2.50. The number of hydrogen-bond donors (Lipinski definition) is 3. The number of urea groups is 1. The van der Waals surface area contributed by atoms with Crippen molar-refractivity contribution in [3.63, 3.8) is 0 Å². The maximum absolute atomic E-state index is 12.7. The van der Waals surface area contributed by atoms with E-state index in [4.69, 9.17) is 19.4 Å². The number of ether oxygens (including phenoxy) is 2. The molecule has 2 aliphatic rings. The highest BCUT2D eigenvalue weighted by Gasteiger charge is 2.51. The first-order valence-corrected chi connectivity index (χ1v) is 13.8. The maximum atomic E-state index is 12.7. The number of rotatable bonds is 7. The summed E-state index contributed by atoms with van der Waals surface area (Å²) >= 11 is 3.46. The summed E-state index contributed by atoms with van der Waals surface area (Å²) in [6.45, 7) is 4.40. The summed E-state index contributed by atoms with van der Waals surface area (Å²) in [5.41, 5.74) is 2.18. The van der Waals surface area contributed by atoms with E-state index >= 15 is 0 Å². The van der Waals surface area contributed by atoms with Crippen molar-refractivity contribution >= 4 is 33.6 Å². The van der Waals surface area contributed by atoms with E-state index in [2.05, 4.69) is 50.5 Å². The van der Waals surface area contributed by atoms with Crippen LogP contribution in [0.4, 0.5) is 23.7 Å². The molecule has 220 valence electrons. The number of nitrogens with one attached hydrogen (secondary N) is 2. The number of benzene rings is 2. The van der Waals surface area contributed by atoms with Crippen LogP contribution in [0.25, 0.3) is 0 Å². The zero-order chi connectivity index (χ0) is 29.5. The molecule has 1 aliphatic carbocycles. The van der Waals surface area contributed by atoms with Gasteiger partial charge in [0.25, 0.3) is 0 Å². The average Bonchev–Trinajstić information content (AvgIpc) is 3.27. The van der Waals surface area contributed by atoms with E-state index in [1.54, 1.807) is 14.2 Å². The molecular weight excluding hydrogens is 595 g/mol. The molecule has 2 fully saturated rings. The number of nitrogens with zero attached hydrogens (tertiary/aromatic N) is 1. The summed E-state index contributed by atoms with van der Waals surface area (Å²) in [6.07, 6.45) is 0.107. The van der Waals surface area contributed by atoms with E-state index < -0.39 is 12.1 Å². The smallest absolute Gasteiger partial charge is 0.490 e. The van der Waals surface area contributed by atoms with Crippen LogP contribution >= 0.6 is 15.9 Å². The lowest BCUT2D eigenvalue weighted by atomic mass is 9.65. The Morgan fingerprint density at radius 2 is 1.82 bits per heavy atom. The summed E-state index contributed by atoms with van der Waals surface area (Å²) < 4.78 is 43.8. The number of carboxylic acid groups (broad SMARTS) is 1. The minimum absolute atomic E-state index is 0.0771.